The average molecular weight is 209 g/mol. The van der Waals surface area contributed by atoms with Gasteiger partial charge >= 0.3 is 0 Å². The SMILES string of the molecule is CCC1CCC(C2CCCN2CC)CC1. The first kappa shape index (κ1) is 11.4. The van der Waals surface area contributed by atoms with Crippen molar-refractivity contribution < 1.29 is 0 Å². The van der Waals surface area contributed by atoms with E-state index < -0.39 is 0 Å². The lowest BCUT2D eigenvalue weighted by Gasteiger charge is -2.36. The van der Waals surface area contributed by atoms with Crippen molar-refractivity contribution in [1.82, 2.24) is 4.90 Å². The molecule has 15 heavy (non-hydrogen) atoms. The van der Waals surface area contributed by atoms with Crippen LogP contribution in [0, 0.1) is 11.8 Å². The second kappa shape index (κ2) is 5.34. The summed E-state index contributed by atoms with van der Waals surface area (Å²) in [6.45, 7) is 7.34. The van der Waals surface area contributed by atoms with E-state index in [1.165, 1.54) is 58.0 Å². The van der Waals surface area contributed by atoms with E-state index in [2.05, 4.69) is 18.7 Å². The smallest absolute Gasteiger partial charge is 0.0124 e. The normalized spacial score (nSPS) is 38.4. The first-order valence-electron chi connectivity index (χ1n) is 7.09. The van der Waals surface area contributed by atoms with Crippen LogP contribution in [0.1, 0.15) is 58.8 Å². The Morgan fingerprint density at radius 3 is 2.33 bits per heavy atom. The van der Waals surface area contributed by atoms with Crippen LogP contribution < -0.4 is 0 Å². The highest BCUT2D eigenvalue weighted by Gasteiger charge is 2.32. The van der Waals surface area contributed by atoms with Crippen LogP contribution in [0.4, 0.5) is 0 Å². The average Bonchev–Trinajstić information content (AvgIpc) is 2.77. The quantitative estimate of drug-likeness (QED) is 0.685. The third-order valence-electron chi connectivity index (χ3n) is 4.83. The molecule has 1 saturated heterocycles. The molecule has 1 unspecified atom stereocenters. The largest absolute Gasteiger partial charge is 0.300 e. The fraction of sp³-hybridized carbons (Fsp3) is 1.00. The highest BCUT2D eigenvalue weighted by atomic mass is 15.2. The molecular formula is C14H27N. The van der Waals surface area contributed by atoms with E-state index in [4.69, 9.17) is 0 Å². The molecule has 0 aromatic heterocycles. The molecule has 0 radical (unpaired) electrons. The predicted molar refractivity (Wildman–Crippen MR) is 66.0 cm³/mol. The first-order valence-corrected chi connectivity index (χ1v) is 7.09. The van der Waals surface area contributed by atoms with E-state index in [9.17, 15) is 0 Å². The molecule has 88 valence electrons. The van der Waals surface area contributed by atoms with E-state index in [1.54, 1.807) is 0 Å². The maximum atomic E-state index is 2.73. The van der Waals surface area contributed by atoms with Gasteiger partial charge in [0, 0.05) is 6.04 Å². The van der Waals surface area contributed by atoms with Crippen LogP contribution in [-0.2, 0) is 0 Å². The number of nitrogens with zero attached hydrogens (tertiary/aromatic N) is 1. The van der Waals surface area contributed by atoms with Crippen molar-refractivity contribution in [3.8, 4) is 0 Å². The topological polar surface area (TPSA) is 3.24 Å². The predicted octanol–water partition coefficient (Wildman–Crippen LogP) is 3.69. The number of likely N-dealkylation sites (tertiary alicyclic amines) is 1. The maximum absolute atomic E-state index is 2.73. The Balaban J connectivity index is 1.84. The van der Waals surface area contributed by atoms with Gasteiger partial charge in [-0.05, 0) is 50.6 Å². The minimum absolute atomic E-state index is 0.952. The lowest BCUT2D eigenvalue weighted by Crippen LogP contribution is -2.37. The summed E-state index contributed by atoms with van der Waals surface area (Å²) < 4.78 is 0. The van der Waals surface area contributed by atoms with Crippen molar-refractivity contribution in [2.75, 3.05) is 13.1 Å². The zero-order valence-electron chi connectivity index (χ0n) is 10.5. The van der Waals surface area contributed by atoms with Crippen LogP contribution in [0.5, 0.6) is 0 Å². The van der Waals surface area contributed by atoms with Crippen molar-refractivity contribution in [3.63, 3.8) is 0 Å². The fourth-order valence-corrected chi connectivity index (χ4v) is 3.76. The van der Waals surface area contributed by atoms with Gasteiger partial charge in [0.15, 0.2) is 0 Å². The fourth-order valence-electron chi connectivity index (χ4n) is 3.76. The zero-order valence-corrected chi connectivity index (χ0v) is 10.5. The Hall–Kier alpha value is -0.0400. The Bertz CT molecular complexity index is 182. The summed E-state index contributed by atoms with van der Waals surface area (Å²) in [5.41, 5.74) is 0. The van der Waals surface area contributed by atoms with Crippen molar-refractivity contribution >= 4 is 0 Å². The molecule has 0 N–H and O–H groups in total. The Morgan fingerprint density at radius 1 is 1.00 bits per heavy atom. The molecule has 1 heteroatoms. The van der Waals surface area contributed by atoms with Gasteiger partial charge in [0.05, 0.1) is 0 Å². The van der Waals surface area contributed by atoms with Crippen LogP contribution in [0.3, 0.4) is 0 Å². The number of hydrogen-bond donors (Lipinski definition) is 0. The van der Waals surface area contributed by atoms with Crippen molar-refractivity contribution in [2.24, 2.45) is 11.8 Å². The molecule has 0 aromatic carbocycles. The van der Waals surface area contributed by atoms with Gasteiger partial charge in [0.25, 0.3) is 0 Å². The molecule has 2 fully saturated rings. The van der Waals surface area contributed by atoms with Gasteiger partial charge in [-0.25, -0.2) is 0 Å². The Labute approximate surface area is 95.2 Å². The van der Waals surface area contributed by atoms with E-state index in [1.807, 2.05) is 0 Å². The van der Waals surface area contributed by atoms with E-state index in [0.29, 0.717) is 0 Å². The standard InChI is InChI=1S/C14H27N/c1-3-12-7-9-13(10-8-12)14-6-5-11-15(14)4-2/h12-14H,3-11H2,1-2H3. The molecule has 1 heterocycles. The van der Waals surface area contributed by atoms with E-state index in [0.717, 1.165) is 17.9 Å². The van der Waals surface area contributed by atoms with Gasteiger partial charge in [0.2, 0.25) is 0 Å². The zero-order chi connectivity index (χ0) is 10.7. The molecule has 1 atom stereocenters. The van der Waals surface area contributed by atoms with E-state index in [-0.39, 0.29) is 0 Å². The van der Waals surface area contributed by atoms with Crippen molar-refractivity contribution in [3.05, 3.63) is 0 Å². The molecule has 1 aliphatic heterocycles. The monoisotopic (exact) mass is 209 g/mol. The summed E-state index contributed by atoms with van der Waals surface area (Å²) in [5.74, 6) is 2.09. The summed E-state index contributed by atoms with van der Waals surface area (Å²) in [5, 5.41) is 0. The van der Waals surface area contributed by atoms with Gasteiger partial charge in [-0.15, -0.1) is 0 Å². The Morgan fingerprint density at radius 2 is 1.73 bits per heavy atom. The lowest BCUT2D eigenvalue weighted by molar-refractivity contribution is 0.143. The van der Waals surface area contributed by atoms with Gasteiger partial charge < -0.3 is 4.90 Å². The molecule has 0 spiro atoms. The summed E-state index contributed by atoms with van der Waals surface area (Å²) in [4.78, 5) is 2.73. The van der Waals surface area contributed by atoms with Crippen LogP contribution in [0.2, 0.25) is 0 Å². The summed E-state index contributed by atoms with van der Waals surface area (Å²) in [6, 6.07) is 0.952. The first-order chi connectivity index (χ1) is 7.35. The van der Waals surface area contributed by atoms with Crippen LogP contribution >= 0.6 is 0 Å². The van der Waals surface area contributed by atoms with Gasteiger partial charge in [0.1, 0.15) is 0 Å². The molecule has 1 nitrogen and oxygen atoms in total. The molecular weight excluding hydrogens is 182 g/mol. The van der Waals surface area contributed by atoms with Gasteiger partial charge in [-0.1, -0.05) is 33.1 Å². The second-order valence-corrected chi connectivity index (χ2v) is 5.53. The maximum Gasteiger partial charge on any atom is 0.0124 e. The molecule has 1 saturated carbocycles. The molecule has 2 rings (SSSR count). The molecule has 1 aliphatic carbocycles. The van der Waals surface area contributed by atoms with Crippen LogP contribution in [0.15, 0.2) is 0 Å². The second-order valence-electron chi connectivity index (χ2n) is 5.53. The van der Waals surface area contributed by atoms with Gasteiger partial charge in [-0.2, -0.15) is 0 Å². The number of hydrogen-bond acceptors (Lipinski definition) is 1. The lowest BCUT2D eigenvalue weighted by atomic mass is 9.77. The van der Waals surface area contributed by atoms with Crippen molar-refractivity contribution in [1.29, 1.82) is 0 Å². The summed E-state index contributed by atoms with van der Waals surface area (Å²) >= 11 is 0. The summed E-state index contributed by atoms with van der Waals surface area (Å²) in [7, 11) is 0. The minimum atomic E-state index is 0.952. The third kappa shape index (κ3) is 2.55. The molecule has 0 bridgehead atoms. The van der Waals surface area contributed by atoms with Gasteiger partial charge in [-0.3, -0.25) is 0 Å². The highest BCUT2D eigenvalue weighted by molar-refractivity contribution is 4.87. The molecule has 0 amide bonds. The third-order valence-corrected chi connectivity index (χ3v) is 4.83. The van der Waals surface area contributed by atoms with Crippen LogP contribution in [-0.4, -0.2) is 24.0 Å². The summed E-state index contributed by atoms with van der Waals surface area (Å²) in [6.07, 6.45) is 10.4. The Kier molecular flexibility index (Phi) is 4.07. The number of rotatable bonds is 3. The highest BCUT2D eigenvalue weighted by Crippen LogP contribution is 2.37. The minimum Gasteiger partial charge on any atom is -0.300 e. The molecule has 2 aliphatic rings. The van der Waals surface area contributed by atoms with Crippen LogP contribution in [0.25, 0.3) is 0 Å². The van der Waals surface area contributed by atoms with E-state index >= 15 is 0 Å². The molecule has 0 aromatic rings. The van der Waals surface area contributed by atoms with Crippen molar-refractivity contribution in [2.45, 2.75) is 64.8 Å².